The van der Waals surface area contributed by atoms with E-state index in [0.717, 1.165) is 35.1 Å². The highest BCUT2D eigenvalue weighted by Crippen LogP contribution is 2.44. The van der Waals surface area contributed by atoms with Gasteiger partial charge in [0.2, 0.25) is 5.91 Å². The van der Waals surface area contributed by atoms with Crippen molar-refractivity contribution < 1.29 is 24.2 Å². The molecule has 4 rings (SSSR count). The van der Waals surface area contributed by atoms with Crippen LogP contribution in [0.5, 0.6) is 0 Å². The minimum atomic E-state index is -1.02. The van der Waals surface area contributed by atoms with Crippen molar-refractivity contribution in [2.24, 2.45) is 11.8 Å². The monoisotopic (exact) mass is 464 g/mol. The van der Waals surface area contributed by atoms with E-state index in [1.54, 1.807) is 0 Å². The van der Waals surface area contributed by atoms with Crippen molar-refractivity contribution in [2.45, 2.75) is 57.5 Å². The van der Waals surface area contributed by atoms with Gasteiger partial charge in [0, 0.05) is 18.4 Å². The molecule has 1 saturated carbocycles. The van der Waals surface area contributed by atoms with E-state index in [9.17, 15) is 19.5 Å². The molecule has 2 aromatic rings. The number of carboxylic acids is 1. The summed E-state index contributed by atoms with van der Waals surface area (Å²) in [6, 6.07) is 14.9. The summed E-state index contributed by atoms with van der Waals surface area (Å²) in [6.07, 6.45) is 1.89. The van der Waals surface area contributed by atoms with Gasteiger partial charge in [0.05, 0.1) is 0 Å². The topological polar surface area (TPSA) is 105 Å². The number of carboxylic acid groups (broad SMARTS) is 1. The van der Waals surface area contributed by atoms with Gasteiger partial charge in [-0.05, 0) is 40.5 Å². The summed E-state index contributed by atoms with van der Waals surface area (Å²) in [6.45, 7) is 4.00. The first-order chi connectivity index (χ1) is 16.3. The van der Waals surface area contributed by atoms with E-state index in [4.69, 9.17) is 4.74 Å². The molecule has 1 unspecified atom stereocenters. The van der Waals surface area contributed by atoms with E-state index < -0.39 is 24.1 Å². The standard InChI is InChI=1S/C27H32N2O5/c1-16(2)23(14-25(30)28-24(26(31)32)13-17-11-12-17)29-27(33)34-15-22-20-9-5-3-7-18(20)19-8-4-6-10-21(19)22/h3-10,16-17,22-24H,11-15H2,1-2H3,(H,28,30)(H,29,33)(H,31,32)/t23?,24-/m0/s1. The van der Waals surface area contributed by atoms with Crippen LogP contribution in [0.15, 0.2) is 48.5 Å². The maximum atomic E-state index is 12.6. The number of carbonyl (C=O) groups excluding carboxylic acids is 2. The van der Waals surface area contributed by atoms with Crippen molar-refractivity contribution in [1.82, 2.24) is 10.6 Å². The number of nitrogens with one attached hydrogen (secondary N) is 2. The lowest BCUT2D eigenvalue weighted by Gasteiger charge is -2.23. The molecule has 34 heavy (non-hydrogen) atoms. The average molecular weight is 465 g/mol. The zero-order chi connectivity index (χ0) is 24.2. The van der Waals surface area contributed by atoms with E-state index >= 15 is 0 Å². The third-order valence-electron chi connectivity index (χ3n) is 6.76. The number of alkyl carbamates (subject to hydrolysis) is 1. The minimum absolute atomic E-state index is 0.00366. The molecule has 7 nitrogen and oxygen atoms in total. The molecule has 0 aromatic heterocycles. The predicted molar refractivity (Wildman–Crippen MR) is 128 cm³/mol. The van der Waals surface area contributed by atoms with E-state index in [1.165, 1.54) is 0 Å². The molecule has 0 heterocycles. The Morgan fingerprint density at radius 1 is 0.971 bits per heavy atom. The Morgan fingerprint density at radius 3 is 2.09 bits per heavy atom. The van der Waals surface area contributed by atoms with Gasteiger partial charge >= 0.3 is 12.1 Å². The highest BCUT2D eigenvalue weighted by molar-refractivity contribution is 5.84. The van der Waals surface area contributed by atoms with Crippen LogP contribution in [0.2, 0.25) is 0 Å². The lowest BCUT2D eigenvalue weighted by molar-refractivity contribution is -0.142. The van der Waals surface area contributed by atoms with E-state index in [2.05, 4.69) is 34.9 Å². The number of rotatable bonds is 10. The van der Waals surface area contributed by atoms with Crippen LogP contribution in [-0.2, 0) is 14.3 Å². The van der Waals surface area contributed by atoms with Crippen molar-refractivity contribution >= 4 is 18.0 Å². The number of ether oxygens (including phenoxy) is 1. The normalized spacial score (nSPS) is 16.3. The van der Waals surface area contributed by atoms with E-state index in [0.29, 0.717) is 12.3 Å². The second-order valence-electron chi connectivity index (χ2n) is 9.66. The van der Waals surface area contributed by atoms with Crippen molar-refractivity contribution in [1.29, 1.82) is 0 Å². The maximum absolute atomic E-state index is 12.6. The number of fused-ring (bicyclic) bond motifs is 3. The first-order valence-electron chi connectivity index (χ1n) is 12.0. The summed E-state index contributed by atoms with van der Waals surface area (Å²) in [4.78, 5) is 36.7. The average Bonchev–Trinajstić information content (AvgIpc) is 3.57. The second kappa shape index (κ2) is 10.3. The molecule has 7 heteroatoms. The quantitative estimate of drug-likeness (QED) is 0.486. The Labute approximate surface area is 199 Å². The molecular formula is C27H32N2O5. The summed E-state index contributed by atoms with van der Waals surface area (Å²) in [5.41, 5.74) is 4.57. The van der Waals surface area contributed by atoms with Crippen molar-refractivity contribution in [3.05, 3.63) is 59.7 Å². The van der Waals surface area contributed by atoms with Crippen LogP contribution in [0.25, 0.3) is 11.1 Å². The van der Waals surface area contributed by atoms with Crippen LogP contribution in [-0.4, -0.2) is 41.8 Å². The summed E-state index contributed by atoms with van der Waals surface area (Å²) < 4.78 is 5.61. The molecule has 2 aliphatic rings. The maximum Gasteiger partial charge on any atom is 0.407 e. The Morgan fingerprint density at radius 2 is 1.56 bits per heavy atom. The van der Waals surface area contributed by atoms with Crippen LogP contribution >= 0.6 is 0 Å². The van der Waals surface area contributed by atoms with Crippen LogP contribution in [0, 0.1) is 11.8 Å². The van der Waals surface area contributed by atoms with Gasteiger partial charge in [-0.2, -0.15) is 0 Å². The first kappa shape index (κ1) is 23.8. The van der Waals surface area contributed by atoms with Crippen molar-refractivity contribution in [2.75, 3.05) is 6.61 Å². The molecule has 0 bridgehead atoms. The Hall–Kier alpha value is -3.35. The van der Waals surface area contributed by atoms with Gasteiger partial charge in [-0.25, -0.2) is 9.59 Å². The number of hydrogen-bond acceptors (Lipinski definition) is 4. The summed E-state index contributed by atoms with van der Waals surface area (Å²) in [5.74, 6) is -1.10. The minimum Gasteiger partial charge on any atom is -0.480 e. The van der Waals surface area contributed by atoms with Crippen LogP contribution in [0.1, 0.15) is 56.6 Å². The van der Waals surface area contributed by atoms with Crippen LogP contribution in [0.3, 0.4) is 0 Å². The molecule has 2 atom stereocenters. The Balaban J connectivity index is 1.34. The van der Waals surface area contributed by atoms with E-state index in [1.807, 2.05) is 38.1 Å². The largest absolute Gasteiger partial charge is 0.480 e. The smallest absolute Gasteiger partial charge is 0.407 e. The van der Waals surface area contributed by atoms with Gasteiger partial charge in [-0.15, -0.1) is 0 Å². The predicted octanol–water partition coefficient (Wildman–Crippen LogP) is 4.31. The summed E-state index contributed by atoms with van der Waals surface area (Å²) in [5, 5.41) is 14.8. The third kappa shape index (κ3) is 5.58. The Bertz CT molecular complexity index is 1020. The number of hydrogen-bond donors (Lipinski definition) is 3. The summed E-state index contributed by atoms with van der Waals surface area (Å²) >= 11 is 0. The van der Waals surface area contributed by atoms with E-state index in [-0.39, 0.29) is 30.8 Å². The molecule has 2 amide bonds. The molecular weight excluding hydrogens is 432 g/mol. The number of carbonyl (C=O) groups is 3. The first-order valence-corrected chi connectivity index (χ1v) is 12.0. The molecule has 0 radical (unpaired) electrons. The number of aliphatic carboxylic acids is 1. The lowest BCUT2D eigenvalue weighted by Crippen LogP contribution is -2.46. The molecule has 0 spiro atoms. The lowest BCUT2D eigenvalue weighted by atomic mass is 9.98. The zero-order valence-corrected chi connectivity index (χ0v) is 19.6. The molecule has 180 valence electrons. The number of amides is 2. The van der Waals surface area contributed by atoms with Crippen LogP contribution < -0.4 is 10.6 Å². The zero-order valence-electron chi connectivity index (χ0n) is 19.6. The fourth-order valence-electron chi connectivity index (χ4n) is 4.61. The fraction of sp³-hybridized carbons (Fsp3) is 0.444. The SMILES string of the molecule is CC(C)C(CC(=O)N[C@@H](CC1CC1)C(=O)O)NC(=O)OCC1c2ccccc2-c2ccccc21. The van der Waals surface area contributed by atoms with Gasteiger partial charge in [0.25, 0.3) is 0 Å². The van der Waals surface area contributed by atoms with Gasteiger partial charge in [-0.1, -0.05) is 75.2 Å². The van der Waals surface area contributed by atoms with Gasteiger partial charge in [0.1, 0.15) is 12.6 Å². The molecule has 1 fully saturated rings. The highest BCUT2D eigenvalue weighted by Gasteiger charge is 2.32. The fourth-order valence-corrected chi connectivity index (χ4v) is 4.61. The van der Waals surface area contributed by atoms with Crippen molar-refractivity contribution in [3.8, 4) is 11.1 Å². The molecule has 3 N–H and O–H groups in total. The third-order valence-corrected chi connectivity index (χ3v) is 6.76. The second-order valence-corrected chi connectivity index (χ2v) is 9.66. The van der Waals surface area contributed by atoms with Gasteiger partial charge < -0.3 is 20.5 Å². The number of benzene rings is 2. The van der Waals surface area contributed by atoms with Gasteiger partial charge in [-0.3, -0.25) is 4.79 Å². The molecule has 0 saturated heterocycles. The Kier molecular flexibility index (Phi) is 7.20. The molecule has 2 aromatic carbocycles. The molecule has 2 aliphatic carbocycles. The highest BCUT2D eigenvalue weighted by atomic mass is 16.5. The van der Waals surface area contributed by atoms with Crippen molar-refractivity contribution in [3.63, 3.8) is 0 Å². The summed E-state index contributed by atoms with van der Waals surface area (Å²) in [7, 11) is 0. The molecule has 0 aliphatic heterocycles. The van der Waals surface area contributed by atoms with Crippen LogP contribution in [0.4, 0.5) is 4.79 Å². The van der Waals surface area contributed by atoms with Gasteiger partial charge in [0.15, 0.2) is 0 Å².